The van der Waals surface area contributed by atoms with E-state index < -0.39 is 5.97 Å². The molecule has 0 saturated carbocycles. The minimum absolute atomic E-state index is 0.123. The molecule has 1 unspecified atom stereocenters. The number of carbonyl (C=O) groups is 1. The number of aromatic nitrogens is 3. The van der Waals surface area contributed by atoms with Gasteiger partial charge in [0, 0.05) is 41.4 Å². The van der Waals surface area contributed by atoms with Gasteiger partial charge >= 0.3 is 5.97 Å². The van der Waals surface area contributed by atoms with Gasteiger partial charge in [-0.15, -0.1) is 0 Å². The van der Waals surface area contributed by atoms with Crippen LogP contribution in [0.15, 0.2) is 36.8 Å². The van der Waals surface area contributed by atoms with Crippen LogP contribution in [0, 0.1) is 0 Å². The van der Waals surface area contributed by atoms with E-state index in [0.29, 0.717) is 13.1 Å². The Hall–Kier alpha value is -2.80. The Kier molecular flexibility index (Phi) is 4.52. The summed E-state index contributed by atoms with van der Waals surface area (Å²) in [5, 5.41) is 17.5. The molecule has 0 amide bonds. The van der Waals surface area contributed by atoms with Crippen molar-refractivity contribution in [1.29, 1.82) is 0 Å². The molecule has 0 saturated heterocycles. The number of carboxylic acid groups (broad SMARTS) is 1. The van der Waals surface area contributed by atoms with E-state index in [2.05, 4.69) is 15.4 Å². The molecule has 3 rings (SSSR count). The highest BCUT2D eigenvalue weighted by Gasteiger charge is 2.12. The lowest BCUT2D eigenvalue weighted by molar-refractivity contribution is 0.0696. The standard InChI is InChI=1S/C17H20N4O3/c1-11(9-21-10-13(8-20-21)17(22)23)19-7-12-3-4-15-14(5-6-18-15)16(12)24-2/h3-6,8,10-11,18-19H,7,9H2,1-2H3,(H,22,23). The van der Waals surface area contributed by atoms with Gasteiger partial charge in [-0.3, -0.25) is 4.68 Å². The molecule has 0 radical (unpaired) electrons. The Morgan fingerprint density at radius 3 is 3.00 bits per heavy atom. The maximum atomic E-state index is 10.9. The van der Waals surface area contributed by atoms with Crippen LogP contribution in [0.3, 0.4) is 0 Å². The van der Waals surface area contributed by atoms with Crippen molar-refractivity contribution in [3.63, 3.8) is 0 Å². The lowest BCUT2D eigenvalue weighted by Gasteiger charge is -2.16. The monoisotopic (exact) mass is 328 g/mol. The SMILES string of the molecule is COc1c(CNC(C)Cn2cc(C(=O)O)cn2)ccc2[nH]ccc12. The second-order valence-electron chi connectivity index (χ2n) is 5.73. The van der Waals surface area contributed by atoms with E-state index in [1.165, 1.54) is 12.4 Å². The number of hydrogen-bond donors (Lipinski definition) is 3. The first-order valence-corrected chi connectivity index (χ1v) is 7.70. The van der Waals surface area contributed by atoms with E-state index in [1.807, 2.05) is 31.3 Å². The summed E-state index contributed by atoms with van der Waals surface area (Å²) in [6.07, 6.45) is 4.79. The fourth-order valence-corrected chi connectivity index (χ4v) is 2.73. The highest BCUT2D eigenvalue weighted by molar-refractivity contribution is 5.87. The molecule has 24 heavy (non-hydrogen) atoms. The summed E-state index contributed by atoms with van der Waals surface area (Å²) in [6.45, 7) is 3.27. The van der Waals surface area contributed by atoms with Crippen LogP contribution in [-0.2, 0) is 13.1 Å². The van der Waals surface area contributed by atoms with E-state index in [9.17, 15) is 4.79 Å². The van der Waals surface area contributed by atoms with Crippen molar-refractivity contribution >= 4 is 16.9 Å². The number of nitrogens with zero attached hydrogens (tertiary/aromatic N) is 2. The third-order valence-corrected chi connectivity index (χ3v) is 3.95. The lowest BCUT2D eigenvalue weighted by Crippen LogP contribution is -2.30. The number of hydrogen-bond acceptors (Lipinski definition) is 4. The molecule has 2 aromatic heterocycles. The first-order valence-electron chi connectivity index (χ1n) is 7.70. The fraction of sp³-hybridized carbons (Fsp3) is 0.294. The Balaban J connectivity index is 1.65. The van der Waals surface area contributed by atoms with Gasteiger partial charge in [-0.1, -0.05) is 6.07 Å². The van der Waals surface area contributed by atoms with Gasteiger partial charge < -0.3 is 20.1 Å². The first kappa shape index (κ1) is 16.1. The summed E-state index contributed by atoms with van der Waals surface area (Å²) < 4.78 is 7.19. The van der Waals surface area contributed by atoms with E-state index in [-0.39, 0.29) is 11.6 Å². The second-order valence-corrected chi connectivity index (χ2v) is 5.73. The summed E-state index contributed by atoms with van der Waals surface area (Å²) in [6, 6.07) is 6.19. The number of carboxylic acids is 1. The average molecular weight is 328 g/mol. The highest BCUT2D eigenvalue weighted by Crippen LogP contribution is 2.29. The van der Waals surface area contributed by atoms with Crippen LogP contribution in [0.4, 0.5) is 0 Å². The molecule has 0 aliphatic heterocycles. The molecule has 7 nitrogen and oxygen atoms in total. The van der Waals surface area contributed by atoms with Crippen LogP contribution in [0.1, 0.15) is 22.8 Å². The number of aromatic amines is 1. The van der Waals surface area contributed by atoms with Gasteiger partial charge in [0.1, 0.15) is 5.75 Å². The maximum Gasteiger partial charge on any atom is 0.338 e. The molecule has 0 spiro atoms. The normalized spacial score (nSPS) is 12.4. The van der Waals surface area contributed by atoms with Gasteiger partial charge in [0.05, 0.1) is 25.4 Å². The van der Waals surface area contributed by atoms with Crippen LogP contribution in [0.25, 0.3) is 10.9 Å². The molecular weight excluding hydrogens is 308 g/mol. The Labute approximate surface area is 139 Å². The third kappa shape index (κ3) is 3.26. The Bertz CT molecular complexity index is 853. The molecule has 3 aromatic rings. The fourth-order valence-electron chi connectivity index (χ4n) is 2.73. The molecule has 0 aliphatic carbocycles. The largest absolute Gasteiger partial charge is 0.496 e. The number of methoxy groups -OCH3 is 1. The summed E-state index contributed by atoms with van der Waals surface area (Å²) in [5.74, 6) is -0.105. The number of fused-ring (bicyclic) bond motifs is 1. The van der Waals surface area contributed by atoms with Gasteiger partial charge in [-0.05, 0) is 19.1 Å². The molecule has 2 heterocycles. The third-order valence-electron chi connectivity index (χ3n) is 3.95. The van der Waals surface area contributed by atoms with Crippen LogP contribution in [-0.4, -0.2) is 39.0 Å². The second kappa shape index (κ2) is 6.76. The van der Waals surface area contributed by atoms with Crippen molar-refractivity contribution < 1.29 is 14.6 Å². The molecule has 126 valence electrons. The summed E-state index contributed by atoms with van der Waals surface area (Å²) in [4.78, 5) is 14.1. The Morgan fingerprint density at radius 1 is 1.46 bits per heavy atom. The lowest BCUT2D eigenvalue weighted by atomic mass is 10.1. The first-order chi connectivity index (χ1) is 11.6. The van der Waals surface area contributed by atoms with E-state index in [1.54, 1.807) is 11.8 Å². The van der Waals surface area contributed by atoms with Gasteiger partial charge in [0.15, 0.2) is 0 Å². The summed E-state index contributed by atoms with van der Waals surface area (Å²) in [7, 11) is 1.67. The predicted octanol–water partition coefficient (Wildman–Crippen LogP) is 2.25. The molecule has 7 heteroatoms. The quantitative estimate of drug-likeness (QED) is 0.619. The van der Waals surface area contributed by atoms with E-state index in [0.717, 1.165) is 22.2 Å². The summed E-state index contributed by atoms with van der Waals surface area (Å²) in [5.41, 5.74) is 2.31. The number of H-pyrrole nitrogens is 1. The number of rotatable bonds is 7. The van der Waals surface area contributed by atoms with Gasteiger partial charge in [-0.2, -0.15) is 5.10 Å². The van der Waals surface area contributed by atoms with Gasteiger partial charge in [0.2, 0.25) is 0 Å². The van der Waals surface area contributed by atoms with Crippen LogP contribution < -0.4 is 10.1 Å². The van der Waals surface area contributed by atoms with Crippen LogP contribution in [0.2, 0.25) is 0 Å². The zero-order valence-electron chi connectivity index (χ0n) is 13.6. The highest BCUT2D eigenvalue weighted by atomic mass is 16.5. The van der Waals surface area contributed by atoms with Gasteiger partial charge in [0.25, 0.3) is 0 Å². The number of benzene rings is 1. The van der Waals surface area contributed by atoms with Crippen molar-refractivity contribution in [2.24, 2.45) is 0 Å². The Morgan fingerprint density at radius 2 is 2.29 bits per heavy atom. The van der Waals surface area contributed by atoms with Crippen molar-refractivity contribution in [2.45, 2.75) is 26.1 Å². The zero-order chi connectivity index (χ0) is 17.1. The van der Waals surface area contributed by atoms with E-state index in [4.69, 9.17) is 9.84 Å². The van der Waals surface area contributed by atoms with Crippen molar-refractivity contribution in [1.82, 2.24) is 20.1 Å². The van der Waals surface area contributed by atoms with Crippen LogP contribution >= 0.6 is 0 Å². The molecular formula is C17H20N4O3. The van der Waals surface area contributed by atoms with Crippen molar-refractivity contribution in [3.8, 4) is 5.75 Å². The van der Waals surface area contributed by atoms with E-state index >= 15 is 0 Å². The van der Waals surface area contributed by atoms with Gasteiger partial charge in [-0.25, -0.2) is 4.79 Å². The van der Waals surface area contributed by atoms with Crippen molar-refractivity contribution in [3.05, 3.63) is 47.9 Å². The molecule has 1 aromatic carbocycles. The predicted molar refractivity (Wildman–Crippen MR) is 90.3 cm³/mol. The topological polar surface area (TPSA) is 92.2 Å². The minimum Gasteiger partial charge on any atom is -0.496 e. The summed E-state index contributed by atoms with van der Waals surface area (Å²) >= 11 is 0. The molecule has 0 bridgehead atoms. The molecule has 0 fully saturated rings. The minimum atomic E-state index is -0.966. The zero-order valence-corrected chi connectivity index (χ0v) is 13.6. The van der Waals surface area contributed by atoms with Crippen molar-refractivity contribution in [2.75, 3.05) is 7.11 Å². The number of ether oxygens (including phenoxy) is 1. The number of nitrogens with one attached hydrogen (secondary N) is 2. The number of aromatic carboxylic acids is 1. The average Bonchev–Trinajstić information content (AvgIpc) is 3.21. The maximum absolute atomic E-state index is 10.9. The smallest absolute Gasteiger partial charge is 0.338 e. The molecule has 0 aliphatic rings. The van der Waals surface area contributed by atoms with Crippen LogP contribution in [0.5, 0.6) is 5.75 Å². The molecule has 3 N–H and O–H groups in total. The molecule has 1 atom stereocenters.